The smallest absolute Gasteiger partial charge is 0.312 e. The van der Waals surface area contributed by atoms with E-state index in [1.165, 1.54) is 0 Å². The van der Waals surface area contributed by atoms with E-state index < -0.39 is 5.41 Å². The highest BCUT2D eigenvalue weighted by atomic mass is 16.5. The highest BCUT2D eigenvalue weighted by molar-refractivity contribution is 5.77. The Labute approximate surface area is 113 Å². The molecule has 0 rings (SSSR count). The van der Waals surface area contributed by atoms with Crippen LogP contribution in [0.3, 0.4) is 0 Å². The molecule has 0 N–H and O–H groups in total. The first kappa shape index (κ1) is 17.5. The predicted molar refractivity (Wildman–Crippen MR) is 77.5 cm³/mol. The van der Waals surface area contributed by atoms with E-state index in [2.05, 4.69) is 48.5 Å². The lowest BCUT2D eigenvalue weighted by Crippen LogP contribution is -2.45. The quantitative estimate of drug-likeness (QED) is 0.659. The molecule has 0 heterocycles. The molecule has 0 aliphatic heterocycles. The van der Waals surface area contributed by atoms with Crippen molar-refractivity contribution in [3.05, 3.63) is 0 Å². The maximum atomic E-state index is 12.5. The molecule has 0 radical (unpaired) electrons. The summed E-state index contributed by atoms with van der Waals surface area (Å²) >= 11 is 0. The normalized spacial score (nSPS) is 16.6. The zero-order valence-corrected chi connectivity index (χ0v) is 13.8. The Hall–Kier alpha value is -0.530. The van der Waals surface area contributed by atoms with Gasteiger partial charge in [-0.3, -0.25) is 4.79 Å². The van der Waals surface area contributed by atoms with Gasteiger partial charge in [-0.1, -0.05) is 48.0 Å². The molecule has 0 aromatic heterocycles. The number of ether oxygens (including phenoxy) is 1. The first-order valence-electron chi connectivity index (χ1n) is 7.07. The molecule has 0 aliphatic rings. The van der Waals surface area contributed by atoms with Crippen LogP contribution in [0.5, 0.6) is 0 Å². The molecular formula is C16H32O2. The number of esters is 1. The molecule has 1 unspecified atom stereocenters. The molecule has 108 valence electrons. The molecule has 2 heteroatoms. The summed E-state index contributed by atoms with van der Waals surface area (Å²) in [4.78, 5) is 12.5. The minimum absolute atomic E-state index is 0.0519. The van der Waals surface area contributed by atoms with E-state index in [-0.39, 0.29) is 22.9 Å². The molecule has 2 nitrogen and oxygen atoms in total. The van der Waals surface area contributed by atoms with Crippen molar-refractivity contribution in [3.63, 3.8) is 0 Å². The fourth-order valence-corrected chi connectivity index (χ4v) is 2.07. The van der Waals surface area contributed by atoms with Crippen molar-refractivity contribution in [3.8, 4) is 0 Å². The zero-order valence-electron chi connectivity index (χ0n) is 13.8. The van der Waals surface area contributed by atoms with Crippen molar-refractivity contribution in [2.75, 3.05) is 0 Å². The lowest BCUT2D eigenvalue weighted by atomic mass is 9.60. The Morgan fingerprint density at radius 1 is 1.06 bits per heavy atom. The van der Waals surface area contributed by atoms with E-state index in [9.17, 15) is 4.79 Å². The van der Waals surface area contributed by atoms with E-state index >= 15 is 0 Å². The van der Waals surface area contributed by atoms with Gasteiger partial charge in [0, 0.05) is 0 Å². The van der Waals surface area contributed by atoms with Gasteiger partial charge in [-0.2, -0.15) is 0 Å². The number of rotatable bonds is 5. The van der Waals surface area contributed by atoms with Crippen LogP contribution in [0.1, 0.15) is 75.2 Å². The van der Waals surface area contributed by atoms with Gasteiger partial charge in [0.1, 0.15) is 0 Å². The van der Waals surface area contributed by atoms with E-state index in [1.807, 2.05) is 13.8 Å². The standard InChI is InChI=1S/C16H32O2/c1-10-15(7,8)11-16(9,14(4,5)6)13(17)18-12(2)3/h12H,10-11H2,1-9H3. The van der Waals surface area contributed by atoms with Crippen LogP contribution < -0.4 is 0 Å². The maximum Gasteiger partial charge on any atom is 0.312 e. The van der Waals surface area contributed by atoms with Crippen LogP contribution in [0.4, 0.5) is 0 Å². The number of hydrogen-bond donors (Lipinski definition) is 0. The van der Waals surface area contributed by atoms with Gasteiger partial charge in [-0.15, -0.1) is 0 Å². The summed E-state index contributed by atoms with van der Waals surface area (Å²) in [5, 5.41) is 0. The van der Waals surface area contributed by atoms with Gasteiger partial charge in [-0.05, 0) is 38.0 Å². The van der Waals surface area contributed by atoms with Crippen LogP contribution >= 0.6 is 0 Å². The molecule has 0 aromatic carbocycles. The van der Waals surface area contributed by atoms with E-state index in [0.717, 1.165) is 12.8 Å². The van der Waals surface area contributed by atoms with Crippen LogP contribution in [0.25, 0.3) is 0 Å². The average molecular weight is 256 g/mol. The summed E-state index contributed by atoms with van der Waals surface area (Å²) in [5.74, 6) is -0.0634. The molecule has 0 fully saturated rings. The van der Waals surface area contributed by atoms with Crippen molar-refractivity contribution < 1.29 is 9.53 Å². The molecule has 0 aliphatic carbocycles. The van der Waals surface area contributed by atoms with Crippen molar-refractivity contribution in [1.82, 2.24) is 0 Å². The Balaban J connectivity index is 5.27. The molecule has 0 saturated carbocycles. The van der Waals surface area contributed by atoms with E-state index in [4.69, 9.17) is 4.74 Å². The summed E-state index contributed by atoms with van der Waals surface area (Å²) in [6, 6.07) is 0. The van der Waals surface area contributed by atoms with Gasteiger partial charge in [0.15, 0.2) is 0 Å². The fourth-order valence-electron chi connectivity index (χ4n) is 2.07. The predicted octanol–water partition coefficient (Wildman–Crippen LogP) is 4.82. The van der Waals surface area contributed by atoms with Gasteiger partial charge in [0.2, 0.25) is 0 Å². The largest absolute Gasteiger partial charge is 0.463 e. The molecular weight excluding hydrogens is 224 g/mol. The second kappa shape index (κ2) is 5.63. The van der Waals surface area contributed by atoms with Crippen LogP contribution in [0.15, 0.2) is 0 Å². The lowest BCUT2D eigenvalue weighted by molar-refractivity contribution is -0.169. The number of hydrogen-bond acceptors (Lipinski definition) is 2. The molecule has 1 atom stereocenters. The molecule has 0 bridgehead atoms. The Kier molecular flexibility index (Phi) is 5.46. The van der Waals surface area contributed by atoms with Crippen LogP contribution in [-0.4, -0.2) is 12.1 Å². The highest BCUT2D eigenvalue weighted by Crippen LogP contribution is 2.48. The van der Waals surface area contributed by atoms with E-state index in [0.29, 0.717) is 0 Å². The highest BCUT2D eigenvalue weighted by Gasteiger charge is 2.48. The third kappa shape index (κ3) is 4.29. The van der Waals surface area contributed by atoms with Gasteiger partial charge >= 0.3 is 5.97 Å². The second-order valence-corrected chi connectivity index (χ2v) is 7.73. The van der Waals surface area contributed by atoms with Crippen LogP contribution in [-0.2, 0) is 9.53 Å². The van der Waals surface area contributed by atoms with Crippen molar-refractivity contribution >= 4 is 5.97 Å². The second-order valence-electron chi connectivity index (χ2n) is 7.73. The summed E-state index contributed by atoms with van der Waals surface area (Å²) in [6.07, 6.45) is 1.86. The molecule has 0 saturated heterocycles. The molecule has 18 heavy (non-hydrogen) atoms. The van der Waals surface area contributed by atoms with Gasteiger partial charge in [-0.25, -0.2) is 0 Å². The first-order chi connectivity index (χ1) is 7.85. The topological polar surface area (TPSA) is 26.3 Å². The SMILES string of the molecule is CCC(C)(C)CC(C)(C(=O)OC(C)C)C(C)(C)C. The van der Waals surface area contributed by atoms with Crippen molar-refractivity contribution in [2.24, 2.45) is 16.2 Å². The maximum absolute atomic E-state index is 12.5. The summed E-state index contributed by atoms with van der Waals surface area (Å²) in [6.45, 7) is 18.9. The third-order valence-corrected chi connectivity index (χ3v) is 4.24. The monoisotopic (exact) mass is 256 g/mol. The molecule has 0 aromatic rings. The number of carbonyl (C=O) groups excluding carboxylic acids is 1. The van der Waals surface area contributed by atoms with Crippen LogP contribution in [0.2, 0.25) is 0 Å². The Morgan fingerprint density at radius 3 is 1.78 bits per heavy atom. The Morgan fingerprint density at radius 2 is 1.50 bits per heavy atom. The first-order valence-corrected chi connectivity index (χ1v) is 7.07. The molecule has 0 amide bonds. The summed E-state index contributed by atoms with van der Waals surface area (Å²) in [5.41, 5.74) is -0.403. The zero-order chi connectivity index (χ0) is 14.8. The van der Waals surface area contributed by atoms with Gasteiger partial charge in [0.25, 0.3) is 0 Å². The molecule has 0 spiro atoms. The third-order valence-electron chi connectivity index (χ3n) is 4.24. The van der Waals surface area contributed by atoms with Crippen LogP contribution in [0, 0.1) is 16.2 Å². The fraction of sp³-hybridized carbons (Fsp3) is 0.938. The summed E-state index contributed by atoms with van der Waals surface area (Å²) in [7, 11) is 0. The number of carbonyl (C=O) groups is 1. The lowest BCUT2D eigenvalue weighted by Gasteiger charge is -2.44. The minimum Gasteiger partial charge on any atom is -0.463 e. The summed E-state index contributed by atoms with van der Waals surface area (Å²) < 4.78 is 5.49. The Bertz CT molecular complexity index is 284. The minimum atomic E-state index is -0.448. The average Bonchev–Trinajstić information content (AvgIpc) is 2.14. The van der Waals surface area contributed by atoms with Gasteiger partial charge < -0.3 is 4.74 Å². The van der Waals surface area contributed by atoms with Crippen molar-refractivity contribution in [1.29, 1.82) is 0 Å². The van der Waals surface area contributed by atoms with Gasteiger partial charge in [0.05, 0.1) is 11.5 Å². The van der Waals surface area contributed by atoms with Crippen molar-refractivity contribution in [2.45, 2.75) is 81.3 Å². The van der Waals surface area contributed by atoms with E-state index in [1.54, 1.807) is 0 Å².